The first-order valence-corrected chi connectivity index (χ1v) is 6.73. The highest BCUT2D eigenvalue weighted by Gasteiger charge is 2.05. The number of nitrogens with zero attached hydrogens (tertiary/aromatic N) is 1. The fourth-order valence-corrected chi connectivity index (χ4v) is 2.32. The summed E-state index contributed by atoms with van der Waals surface area (Å²) in [4.78, 5) is 0. The lowest BCUT2D eigenvalue weighted by molar-refractivity contribution is 0.627. The van der Waals surface area contributed by atoms with Gasteiger partial charge in [0, 0.05) is 16.6 Å². The maximum absolute atomic E-state index is 13.0. The first-order chi connectivity index (χ1) is 9.60. The van der Waals surface area contributed by atoms with E-state index in [2.05, 4.69) is 5.32 Å². The average Bonchev–Trinajstić information content (AvgIpc) is 2.42. The number of nitrogens with one attached hydrogen (secondary N) is 1. The molecule has 0 spiro atoms. The van der Waals surface area contributed by atoms with Crippen molar-refractivity contribution in [3.63, 3.8) is 0 Å². The van der Waals surface area contributed by atoms with Gasteiger partial charge in [0.15, 0.2) is 0 Å². The van der Waals surface area contributed by atoms with Crippen LogP contribution in [0.5, 0.6) is 0 Å². The van der Waals surface area contributed by atoms with Crippen molar-refractivity contribution in [3.8, 4) is 6.07 Å². The lowest BCUT2D eigenvalue weighted by Gasteiger charge is -2.09. The molecule has 2 rings (SSSR count). The molecule has 0 unspecified atom stereocenters. The molecule has 0 heterocycles. The molecule has 0 bridgehead atoms. The van der Waals surface area contributed by atoms with Crippen molar-refractivity contribution >= 4 is 28.9 Å². The van der Waals surface area contributed by atoms with E-state index in [1.165, 1.54) is 12.1 Å². The summed E-state index contributed by atoms with van der Waals surface area (Å²) in [6.45, 7) is 0.585. The third-order valence-electron chi connectivity index (χ3n) is 2.83. The van der Waals surface area contributed by atoms with Crippen molar-refractivity contribution in [2.24, 2.45) is 0 Å². The van der Waals surface area contributed by atoms with E-state index in [1.54, 1.807) is 18.2 Å². The average molecular weight is 309 g/mol. The van der Waals surface area contributed by atoms with Crippen LogP contribution in [0.4, 0.5) is 10.1 Å². The van der Waals surface area contributed by atoms with Gasteiger partial charge in [0.25, 0.3) is 0 Å². The Morgan fingerprint density at radius 3 is 2.65 bits per heavy atom. The third-order valence-corrected chi connectivity index (χ3v) is 3.41. The van der Waals surface area contributed by atoms with Gasteiger partial charge in [-0.1, -0.05) is 29.3 Å². The Morgan fingerprint density at radius 2 is 1.95 bits per heavy atom. The molecule has 0 saturated heterocycles. The maximum Gasteiger partial charge on any atom is 0.124 e. The second kappa shape index (κ2) is 6.60. The fraction of sp³-hybridized carbons (Fsp3) is 0.133. The molecule has 1 N–H and O–H groups in total. The van der Waals surface area contributed by atoms with Gasteiger partial charge in [0.05, 0.1) is 11.3 Å². The van der Waals surface area contributed by atoms with Gasteiger partial charge in [-0.3, -0.25) is 0 Å². The zero-order chi connectivity index (χ0) is 14.5. The van der Waals surface area contributed by atoms with E-state index in [9.17, 15) is 4.39 Å². The lowest BCUT2D eigenvalue weighted by atomic mass is 10.1. The van der Waals surface area contributed by atoms with Gasteiger partial charge in [-0.2, -0.15) is 5.26 Å². The second-order valence-corrected chi connectivity index (χ2v) is 5.06. The highest BCUT2D eigenvalue weighted by atomic mass is 35.5. The molecule has 102 valence electrons. The molecule has 2 nitrogen and oxygen atoms in total. The molecule has 0 radical (unpaired) electrons. The van der Waals surface area contributed by atoms with E-state index in [0.29, 0.717) is 28.7 Å². The van der Waals surface area contributed by atoms with Gasteiger partial charge in [-0.05, 0) is 42.3 Å². The van der Waals surface area contributed by atoms with Gasteiger partial charge >= 0.3 is 0 Å². The predicted octanol–water partition coefficient (Wildman–Crippen LogP) is 4.66. The van der Waals surface area contributed by atoms with Crippen LogP contribution in [-0.2, 0) is 6.42 Å². The van der Waals surface area contributed by atoms with Crippen molar-refractivity contribution in [2.45, 2.75) is 6.42 Å². The Morgan fingerprint density at radius 1 is 1.15 bits per heavy atom. The zero-order valence-electron chi connectivity index (χ0n) is 10.5. The van der Waals surface area contributed by atoms with Crippen LogP contribution < -0.4 is 5.32 Å². The van der Waals surface area contributed by atoms with E-state index in [-0.39, 0.29) is 5.56 Å². The summed E-state index contributed by atoms with van der Waals surface area (Å²) in [6.07, 6.45) is 0.679. The minimum Gasteiger partial charge on any atom is -0.384 e. The van der Waals surface area contributed by atoms with Crippen molar-refractivity contribution in [2.75, 3.05) is 11.9 Å². The van der Waals surface area contributed by atoms with Crippen LogP contribution in [0.1, 0.15) is 11.1 Å². The molecule has 0 fully saturated rings. The van der Waals surface area contributed by atoms with Crippen LogP contribution in [0.2, 0.25) is 10.0 Å². The number of rotatable bonds is 4. The summed E-state index contributed by atoms with van der Waals surface area (Å²) >= 11 is 11.9. The highest BCUT2D eigenvalue weighted by molar-refractivity contribution is 6.35. The molecule has 0 saturated carbocycles. The number of halogens is 3. The van der Waals surface area contributed by atoms with Crippen molar-refractivity contribution < 1.29 is 4.39 Å². The normalized spacial score (nSPS) is 10.1. The van der Waals surface area contributed by atoms with Crippen molar-refractivity contribution in [1.82, 2.24) is 0 Å². The van der Waals surface area contributed by atoms with Gasteiger partial charge in [0.1, 0.15) is 11.9 Å². The number of nitriles is 1. The van der Waals surface area contributed by atoms with Gasteiger partial charge in [-0.25, -0.2) is 4.39 Å². The molecule has 20 heavy (non-hydrogen) atoms. The summed E-state index contributed by atoms with van der Waals surface area (Å²) in [6, 6.07) is 11.4. The van der Waals surface area contributed by atoms with Crippen LogP contribution >= 0.6 is 23.2 Å². The van der Waals surface area contributed by atoms with E-state index in [0.717, 1.165) is 5.56 Å². The van der Waals surface area contributed by atoms with Gasteiger partial charge in [-0.15, -0.1) is 0 Å². The first kappa shape index (κ1) is 14.6. The number of anilines is 1. The smallest absolute Gasteiger partial charge is 0.124 e. The van der Waals surface area contributed by atoms with Crippen LogP contribution in [0.15, 0.2) is 36.4 Å². The number of benzene rings is 2. The minimum absolute atomic E-state index is 0.284. The quantitative estimate of drug-likeness (QED) is 0.891. The molecule has 0 aliphatic rings. The SMILES string of the molecule is N#Cc1cc(F)ccc1NCCc1ccc(Cl)cc1Cl. The van der Waals surface area contributed by atoms with E-state index in [1.807, 2.05) is 12.1 Å². The largest absolute Gasteiger partial charge is 0.384 e. The Hall–Kier alpha value is -1.76. The summed E-state index contributed by atoms with van der Waals surface area (Å²) in [7, 11) is 0. The van der Waals surface area contributed by atoms with Gasteiger partial charge < -0.3 is 5.32 Å². The Bertz CT molecular complexity index is 665. The molecule has 0 amide bonds. The summed E-state index contributed by atoms with van der Waals surface area (Å²) in [5.41, 5.74) is 1.86. The van der Waals surface area contributed by atoms with Gasteiger partial charge in [0.2, 0.25) is 0 Å². The monoisotopic (exact) mass is 308 g/mol. The van der Waals surface area contributed by atoms with Crippen LogP contribution in [-0.4, -0.2) is 6.54 Å². The van der Waals surface area contributed by atoms with Crippen molar-refractivity contribution in [1.29, 1.82) is 5.26 Å². The predicted molar refractivity (Wildman–Crippen MR) is 79.8 cm³/mol. The summed E-state index contributed by atoms with van der Waals surface area (Å²) < 4.78 is 13.0. The molecule has 0 atom stereocenters. The molecule has 0 aromatic heterocycles. The van der Waals surface area contributed by atoms with Crippen LogP contribution in [0, 0.1) is 17.1 Å². The maximum atomic E-state index is 13.0. The first-order valence-electron chi connectivity index (χ1n) is 5.97. The highest BCUT2D eigenvalue weighted by Crippen LogP contribution is 2.22. The second-order valence-electron chi connectivity index (χ2n) is 4.21. The zero-order valence-corrected chi connectivity index (χ0v) is 12.0. The molecular weight excluding hydrogens is 298 g/mol. The standard InChI is InChI=1S/C15H11Cl2FN2/c16-12-2-1-10(14(17)8-12)5-6-20-15-4-3-13(18)7-11(15)9-19/h1-4,7-8,20H,5-6H2. The van der Waals surface area contributed by atoms with Crippen LogP contribution in [0.25, 0.3) is 0 Å². The molecule has 0 aliphatic carbocycles. The van der Waals surface area contributed by atoms with E-state index in [4.69, 9.17) is 28.5 Å². The number of hydrogen-bond donors (Lipinski definition) is 1. The molecular formula is C15H11Cl2FN2. The Balaban J connectivity index is 2.01. The fourth-order valence-electron chi connectivity index (χ4n) is 1.82. The van der Waals surface area contributed by atoms with E-state index < -0.39 is 5.82 Å². The van der Waals surface area contributed by atoms with Crippen molar-refractivity contribution in [3.05, 3.63) is 63.4 Å². The Labute approximate surface area is 126 Å². The molecule has 2 aromatic carbocycles. The lowest BCUT2D eigenvalue weighted by Crippen LogP contribution is -2.06. The number of hydrogen-bond acceptors (Lipinski definition) is 2. The molecule has 0 aliphatic heterocycles. The molecule has 5 heteroatoms. The van der Waals surface area contributed by atoms with Crippen LogP contribution in [0.3, 0.4) is 0 Å². The topological polar surface area (TPSA) is 35.8 Å². The summed E-state index contributed by atoms with van der Waals surface area (Å²) in [5, 5.41) is 13.2. The summed E-state index contributed by atoms with van der Waals surface area (Å²) in [5.74, 6) is -0.423. The molecule has 2 aromatic rings. The minimum atomic E-state index is -0.423. The van der Waals surface area contributed by atoms with E-state index >= 15 is 0 Å². The Kier molecular flexibility index (Phi) is 4.84. The third kappa shape index (κ3) is 3.63.